The number of fused-ring (bicyclic) bond motifs is 1. The van der Waals surface area contributed by atoms with Gasteiger partial charge in [-0.1, -0.05) is 47.3 Å². The van der Waals surface area contributed by atoms with E-state index in [4.69, 9.17) is 14.5 Å². The van der Waals surface area contributed by atoms with Crippen molar-refractivity contribution in [2.75, 3.05) is 20.0 Å². The van der Waals surface area contributed by atoms with Gasteiger partial charge in [-0.2, -0.15) is 0 Å². The number of thioether (sulfide) groups is 1. The van der Waals surface area contributed by atoms with Crippen LogP contribution in [0.15, 0.2) is 27.7 Å². The van der Waals surface area contributed by atoms with Gasteiger partial charge in [-0.05, 0) is 58.4 Å². The Morgan fingerprint density at radius 3 is 2.62 bits per heavy atom. The smallest absolute Gasteiger partial charge is 0.418 e. The molecule has 0 aromatic heterocycles. The van der Waals surface area contributed by atoms with Crippen LogP contribution in [0.1, 0.15) is 39.7 Å². The van der Waals surface area contributed by atoms with Crippen molar-refractivity contribution in [3.8, 4) is 0 Å². The highest BCUT2D eigenvalue weighted by atomic mass is 79.9. The molecule has 5 nitrogen and oxygen atoms in total. The molecule has 1 aromatic carbocycles. The third-order valence-corrected chi connectivity index (χ3v) is 9.75. The Morgan fingerprint density at radius 2 is 2.03 bits per heavy atom. The Morgan fingerprint density at radius 1 is 1.35 bits per heavy atom. The van der Waals surface area contributed by atoms with Crippen LogP contribution in [0, 0.1) is 11.7 Å². The lowest BCUT2D eigenvalue weighted by Crippen LogP contribution is -2.46. The molecule has 1 unspecified atom stereocenters. The average Bonchev–Trinajstić information content (AvgIpc) is 3.44. The number of ether oxygens (including phenoxy) is 2. The van der Waals surface area contributed by atoms with Crippen LogP contribution in [0.3, 0.4) is 0 Å². The van der Waals surface area contributed by atoms with Gasteiger partial charge in [-0.15, -0.1) is 0 Å². The first-order valence-corrected chi connectivity index (χ1v) is 16.8. The molecule has 0 saturated heterocycles. The number of carbonyl (C=O) groups is 1. The van der Waals surface area contributed by atoms with Crippen molar-refractivity contribution in [3.63, 3.8) is 0 Å². The van der Waals surface area contributed by atoms with E-state index in [0.29, 0.717) is 28.2 Å². The zero-order valence-corrected chi connectivity index (χ0v) is 24.4. The molecule has 1 saturated carbocycles. The number of hydrogen-bond acceptors (Lipinski definition) is 5. The minimum absolute atomic E-state index is 0.0602. The summed E-state index contributed by atoms with van der Waals surface area (Å²) in [6, 6.07) is 5.63. The number of nitrogens with zero attached hydrogens (tertiary/aromatic N) is 2. The lowest BCUT2D eigenvalue weighted by Gasteiger charge is -2.37. The Bertz CT molecular complexity index is 969. The molecule has 1 amide bonds. The van der Waals surface area contributed by atoms with Crippen LogP contribution in [0.25, 0.3) is 0 Å². The summed E-state index contributed by atoms with van der Waals surface area (Å²) in [4.78, 5) is 19.4. The number of carbonyl (C=O) groups excluding carboxylic acids is 1. The molecule has 1 aliphatic carbocycles. The maximum Gasteiger partial charge on any atom is 0.418 e. The lowest BCUT2D eigenvalue weighted by molar-refractivity contribution is 0.0110. The summed E-state index contributed by atoms with van der Waals surface area (Å²) in [5, 5.41) is 0.301. The van der Waals surface area contributed by atoms with Crippen molar-refractivity contribution < 1.29 is 23.0 Å². The minimum Gasteiger partial charge on any atom is -0.443 e. The zero-order valence-electron chi connectivity index (χ0n) is 21.0. The monoisotopic (exact) mass is 576 g/mol. The van der Waals surface area contributed by atoms with E-state index in [1.807, 2.05) is 6.92 Å². The van der Waals surface area contributed by atoms with Crippen LogP contribution in [0.2, 0.25) is 25.7 Å². The van der Waals surface area contributed by atoms with E-state index >= 15 is 0 Å². The van der Waals surface area contributed by atoms with Gasteiger partial charge < -0.3 is 9.47 Å². The van der Waals surface area contributed by atoms with E-state index in [0.717, 1.165) is 6.04 Å². The van der Waals surface area contributed by atoms with E-state index in [-0.39, 0.29) is 12.6 Å². The number of hydrogen-bond donors (Lipinski definition) is 0. The normalized spacial score (nSPS) is 26.5. The summed E-state index contributed by atoms with van der Waals surface area (Å²) in [7, 11) is -1.33. The highest BCUT2D eigenvalue weighted by Gasteiger charge is 2.67. The summed E-state index contributed by atoms with van der Waals surface area (Å²) in [5.74, 6) is -0.591. The van der Waals surface area contributed by atoms with Gasteiger partial charge in [0.15, 0.2) is 5.17 Å². The van der Waals surface area contributed by atoms with Crippen LogP contribution < -0.4 is 0 Å². The maximum atomic E-state index is 15.0. The second kappa shape index (κ2) is 9.82. The Kier molecular flexibility index (Phi) is 7.98. The fourth-order valence-electron chi connectivity index (χ4n) is 4.05. The second-order valence-electron chi connectivity index (χ2n) is 11.5. The van der Waals surface area contributed by atoms with Gasteiger partial charge in [0.25, 0.3) is 0 Å². The molecule has 1 fully saturated rings. The molecule has 2 aliphatic rings. The molecule has 3 atom stereocenters. The summed E-state index contributed by atoms with van der Waals surface area (Å²) in [6.45, 7) is 13.8. The number of amidine groups is 1. The highest BCUT2D eigenvalue weighted by molar-refractivity contribution is 9.10. The number of benzene rings is 1. The van der Waals surface area contributed by atoms with Crippen molar-refractivity contribution in [1.82, 2.24) is 4.90 Å². The summed E-state index contributed by atoms with van der Waals surface area (Å²) < 4.78 is 40.8. The van der Waals surface area contributed by atoms with Crippen molar-refractivity contribution in [1.29, 1.82) is 0 Å². The quantitative estimate of drug-likeness (QED) is 0.196. The van der Waals surface area contributed by atoms with Gasteiger partial charge in [0.2, 0.25) is 0 Å². The fraction of sp³-hybridized carbons (Fsp3) is 0.667. The first-order chi connectivity index (χ1) is 15.6. The lowest BCUT2D eigenvalue weighted by atomic mass is 9.86. The molecule has 0 bridgehead atoms. The molecule has 0 spiro atoms. The Balaban J connectivity index is 1.98. The molecular weight excluding hydrogens is 542 g/mol. The molecule has 3 rings (SSSR count). The van der Waals surface area contributed by atoms with Gasteiger partial charge >= 0.3 is 6.09 Å². The number of aliphatic imine (C=N–C) groups is 1. The van der Waals surface area contributed by atoms with Crippen molar-refractivity contribution >= 4 is 47.0 Å². The van der Waals surface area contributed by atoms with Gasteiger partial charge in [-0.3, -0.25) is 4.99 Å². The number of alkyl halides is 1. The van der Waals surface area contributed by atoms with Crippen LogP contribution in [-0.4, -0.2) is 54.6 Å². The topological polar surface area (TPSA) is 51.1 Å². The maximum absolute atomic E-state index is 15.0. The first kappa shape index (κ1) is 27.6. The van der Waals surface area contributed by atoms with Gasteiger partial charge in [0, 0.05) is 30.6 Å². The van der Waals surface area contributed by atoms with Crippen molar-refractivity contribution in [3.05, 3.63) is 34.1 Å². The SMILES string of the molecule is CC(C)(C)OC(=O)N(COCC[Si](C)(C)C)C1=N[C@](C)(c2cc(Br)ccc2F)C2C[C@]2(CF)S1. The Hall–Kier alpha value is -0.973. The number of halogens is 3. The van der Waals surface area contributed by atoms with Crippen LogP contribution in [0.4, 0.5) is 13.6 Å². The molecule has 34 heavy (non-hydrogen) atoms. The predicted octanol–water partition coefficient (Wildman–Crippen LogP) is 7.18. The fourth-order valence-corrected chi connectivity index (χ4v) is 6.68. The predicted molar refractivity (Wildman–Crippen MR) is 140 cm³/mol. The molecule has 10 heteroatoms. The van der Waals surface area contributed by atoms with Crippen molar-refractivity contribution in [2.45, 2.75) is 75.7 Å². The van der Waals surface area contributed by atoms with Crippen molar-refractivity contribution in [2.24, 2.45) is 10.9 Å². The first-order valence-electron chi connectivity index (χ1n) is 11.5. The van der Waals surface area contributed by atoms with E-state index in [1.165, 1.54) is 22.7 Å². The zero-order chi connectivity index (χ0) is 25.5. The molecule has 1 aromatic rings. The second-order valence-corrected chi connectivity index (χ2v) is 19.4. The molecule has 1 aliphatic heterocycles. The molecular formula is C24H35BrF2N2O3SSi. The standard InChI is InChI=1S/C24H35BrF2N2O3SSi/c1-22(2,3)32-21(30)29(15-31-10-11-34(5,6)7)20-28-23(4,19-13-24(19,14-26)33-20)17-12-16(25)8-9-18(17)27/h8-9,12,19H,10-11,13-15H2,1-7H3/t19?,23-,24-/m1/s1. The van der Waals surface area contributed by atoms with E-state index in [1.54, 1.807) is 32.9 Å². The number of rotatable bonds is 7. The minimum atomic E-state index is -1.33. The largest absolute Gasteiger partial charge is 0.443 e. The highest BCUT2D eigenvalue weighted by Crippen LogP contribution is 2.66. The van der Waals surface area contributed by atoms with E-state index in [2.05, 4.69) is 35.6 Å². The summed E-state index contributed by atoms with van der Waals surface area (Å²) in [5.41, 5.74) is -1.38. The number of amides is 1. The molecule has 190 valence electrons. The van der Waals surface area contributed by atoms with Crippen LogP contribution in [0.5, 0.6) is 0 Å². The molecule has 0 radical (unpaired) electrons. The van der Waals surface area contributed by atoms with Crippen LogP contribution in [-0.2, 0) is 15.0 Å². The summed E-state index contributed by atoms with van der Waals surface area (Å²) in [6.07, 6.45) is -0.0700. The van der Waals surface area contributed by atoms with Gasteiger partial charge in [-0.25, -0.2) is 18.5 Å². The van der Waals surface area contributed by atoms with Gasteiger partial charge in [0.05, 0.1) is 10.3 Å². The Labute approximate surface area is 215 Å². The molecule has 1 heterocycles. The summed E-state index contributed by atoms with van der Waals surface area (Å²) >= 11 is 4.65. The van der Waals surface area contributed by atoms with E-state index < -0.39 is 42.5 Å². The third-order valence-electron chi connectivity index (χ3n) is 6.09. The van der Waals surface area contributed by atoms with Crippen LogP contribution >= 0.6 is 27.7 Å². The average molecular weight is 578 g/mol. The van der Waals surface area contributed by atoms with E-state index in [9.17, 15) is 13.6 Å². The third kappa shape index (κ3) is 6.23. The van der Waals surface area contributed by atoms with Gasteiger partial charge in [0.1, 0.15) is 24.8 Å². The molecule has 0 N–H and O–H groups in total.